The molecule has 0 aromatic heterocycles. The fourth-order valence-electron chi connectivity index (χ4n) is 8.60. The van der Waals surface area contributed by atoms with Gasteiger partial charge in [0.25, 0.3) is 0 Å². The Labute approximate surface area is 308 Å². The molecule has 8 rings (SSSR count). The van der Waals surface area contributed by atoms with E-state index in [0.717, 1.165) is 54.6 Å². The van der Waals surface area contributed by atoms with Crippen molar-refractivity contribution in [3.63, 3.8) is 0 Å². The Hall–Kier alpha value is -5.30. The fraction of sp³-hybridized carbons (Fsp3) is 0.348. The zero-order valence-corrected chi connectivity index (χ0v) is 32.5. The third-order valence-electron chi connectivity index (χ3n) is 10.8. The topological polar surface area (TPSA) is 96.0 Å². The number of benzene rings is 6. The second kappa shape index (κ2) is 10.6. The lowest BCUT2D eigenvalue weighted by atomic mass is 9.68. The third kappa shape index (κ3) is 4.85. The summed E-state index contributed by atoms with van der Waals surface area (Å²) in [5.41, 5.74) is 2.42. The van der Waals surface area contributed by atoms with Gasteiger partial charge in [-0.2, -0.15) is 0 Å². The van der Waals surface area contributed by atoms with Crippen molar-refractivity contribution < 1.29 is 33.4 Å². The molecule has 2 aliphatic heterocycles. The average molecular weight is 709 g/mol. The lowest BCUT2D eigenvalue weighted by Gasteiger charge is -2.36. The van der Waals surface area contributed by atoms with E-state index in [-0.39, 0.29) is 5.56 Å². The van der Waals surface area contributed by atoms with Crippen LogP contribution in [0.15, 0.2) is 48.5 Å². The van der Waals surface area contributed by atoms with Crippen molar-refractivity contribution in [3.8, 4) is 11.5 Å². The van der Waals surface area contributed by atoms with E-state index in [4.69, 9.17) is 14.2 Å². The van der Waals surface area contributed by atoms with E-state index >= 15 is 0 Å². The number of cyclic esters (lactones) is 4. The predicted octanol–water partition coefficient (Wildman–Crippen LogP) is 11.3. The Balaban J connectivity index is 1.87. The van der Waals surface area contributed by atoms with Gasteiger partial charge in [-0.1, -0.05) is 101 Å². The van der Waals surface area contributed by atoms with Crippen LogP contribution in [0.2, 0.25) is 0 Å². The Morgan fingerprint density at radius 3 is 1.26 bits per heavy atom. The van der Waals surface area contributed by atoms with Crippen molar-refractivity contribution in [2.24, 2.45) is 0 Å². The molecule has 0 saturated heterocycles. The molecule has 0 saturated carbocycles. The van der Waals surface area contributed by atoms with Gasteiger partial charge in [-0.05, 0) is 95.6 Å². The molecule has 0 bridgehead atoms. The minimum absolute atomic E-state index is 0.205. The molecule has 0 unspecified atom stereocenters. The van der Waals surface area contributed by atoms with Crippen LogP contribution in [0.25, 0.3) is 43.1 Å². The number of carbonyl (C=O) groups excluding carboxylic acids is 4. The van der Waals surface area contributed by atoms with Crippen LogP contribution in [0.1, 0.15) is 147 Å². The first-order chi connectivity index (χ1) is 24.5. The normalized spacial score (nSPS) is 15.2. The molecule has 2 heterocycles. The maximum absolute atomic E-state index is 14.3. The van der Waals surface area contributed by atoms with Crippen LogP contribution in [0.3, 0.4) is 0 Å². The number of fused-ring (bicyclic) bond motifs is 2. The van der Waals surface area contributed by atoms with Crippen LogP contribution >= 0.6 is 0 Å². The number of ether oxygens (including phenoxy) is 3. The van der Waals surface area contributed by atoms with E-state index in [0.29, 0.717) is 39.0 Å². The Morgan fingerprint density at radius 2 is 0.830 bits per heavy atom. The number of carbonyl (C=O) groups is 4. The third-order valence-corrected chi connectivity index (χ3v) is 10.8. The molecular formula is C46H44O7. The minimum atomic E-state index is -0.767. The van der Waals surface area contributed by atoms with Crippen molar-refractivity contribution in [2.45, 2.75) is 105 Å². The molecule has 6 aromatic rings. The summed E-state index contributed by atoms with van der Waals surface area (Å²) in [4.78, 5) is 55.8. The summed E-state index contributed by atoms with van der Waals surface area (Å²) in [5, 5.41) is 6.04. The molecule has 0 N–H and O–H groups in total. The molecule has 0 amide bonds. The standard InChI is InChI=1S/C46H44O7/c1-43(2,3)25-18-22-28-23(40(48)52-39(22)47)19-27(45(7,8)9)32-33(28)30(25)31-26(44(4,5)6)20-24-29-34(31)35(32)37(46(10,11)12)38(36(29)42(50)53-41(24)49)51-21-16-14-13-15-17-21/h13-20H,1-12H3. The van der Waals surface area contributed by atoms with Crippen LogP contribution < -0.4 is 4.74 Å². The number of para-hydroxylation sites is 1. The van der Waals surface area contributed by atoms with E-state index in [1.54, 1.807) is 0 Å². The number of rotatable bonds is 2. The van der Waals surface area contributed by atoms with Gasteiger partial charge in [-0.15, -0.1) is 0 Å². The van der Waals surface area contributed by atoms with Gasteiger partial charge in [0.1, 0.15) is 17.1 Å². The fourth-order valence-corrected chi connectivity index (χ4v) is 8.60. The van der Waals surface area contributed by atoms with Crippen LogP contribution in [0.4, 0.5) is 0 Å². The molecule has 7 nitrogen and oxygen atoms in total. The Morgan fingerprint density at radius 1 is 0.434 bits per heavy atom. The first-order valence-corrected chi connectivity index (χ1v) is 18.2. The van der Waals surface area contributed by atoms with E-state index in [2.05, 4.69) is 83.1 Å². The number of hydrogen-bond acceptors (Lipinski definition) is 7. The largest absolute Gasteiger partial charge is 0.456 e. The SMILES string of the molecule is CC(C)(C)c1cc2c3c(cc(C(C)(C)C)c4c5c(C(C)(C)C)c(Oc6ccccc6)c6c7c(cc(C(C)(C)C)c(c1c34)c75)C(=O)OC6=O)C(=O)OC2=O. The van der Waals surface area contributed by atoms with Gasteiger partial charge >= 0.3 is 23.9 Å². The minimum Gasteiger partial charge on any atom is -0.456 e. The van der Waals surface area contributed by atoms with Crippen molar-refractivity contribution in [1.29, 1.82) is 0 Å². The maximum atomic E-state index is 14.3. The second-order valence-corrected chi connectivity index (χ2v) is 18.8. The van der Waals surface area contributed by atoms with E-state index in [9.17, 15) is 19.2 Å². The van der Waals surface area contributed by atoms with Gasteiger partial charge in [0.2, 0.25) is 0 Å². The predicted molar refractivity (Wildman–Crippen MR) is 208 cm³/mol. The van der Waals surface area contributed by atoms with Crippen LogP contribution in [0, 0.1) is 0 Å². The van der Waals surface area contributed by atoms with Gasteiger partial charge in [0, 0.05) is 21.7 Å². The zero-order valence-electron chi connectivity index (χ0n) is 32.5. The van der Waals surface area contributed by atoms with Crippen molar-refractivity contribution in [1.82, 2.24) is 0 Å². The molecule has 0 spiro atoms. The first kappa shape index (κ1) is 34.8. The summed E-state index contributed by atoms with van der Waals surface area (Å²) in [6, 6.07) is 14.9. The Bertz CT molecular complexity index is 2650. The van der Waals surface area contributed by atoms with Gasteiger partial charge in [0.15, 0.2) is 0 Å². The molecule has 0 fully saturated rings. The number of hydrogen-bond donors (Lipinski definition) is 0. The molecule has 7 heteroatoms. The molecule has 270 valence electrons. The van der Waals surface area contributed by atoms with Crippen molar-refractivity contribution in [3.05, 3.63) is 93.0 Å². The van der Waals surface area contributed by atoms with E-state index in [1.807, 2.05) is 48.5 Å². The van der Waals surface area contributed by atoms with Crippen LogP contribution in [-0.4, -0.2) is 23.9 Å². The summed E-state index contributed by atoms with van der Waals surface area (Å²) in [6.07, 6.45) is 0. The molecule has 0 radical (unpaired) electrons. The van der Waals surface area contributed by atoms with Crippen molar-refractivity contribution >= 4 is 67.0 Å². The number of esters is 4. The van der Waals surface area contributed by atoms with Crippen LogP contribution in [0.5, 0.6) is 11.5 Å². The van der Waals surface area contributed by atoms with Gasteiger partial charge in [-0.25, -0.2) is 19.2 Å². The smallest absolute Gasteiger partial charge is 0.350 e. The monoisotopic (exact) mass is 708 g/mol. The molecule has 0 aliphatic carbocycles. The lowest BCUT2D eigenvalue weighted by molar-refractivity contribution is 0.0372. The first-order valence-electron chi connectivity index (χ1n) is 18.2. The highest BCUT2D eigenvalue weighted by atomic mass is 16.6. The second-order valence-electron chi connectivity index (χ2n) is 18.8. The molecular weight excluding hydrogens is 664 g/mol. The van der Waals surface area contributed by atoms with Crippen molar-refractivity contribution in [2.75, 3.05) is 0 Å². The lowest BCUT2D eigenvalue weighted by Crippen LogP contribution is -2.27. The van der Waals surface area contributed by atoms with Gasteiger partial charge < -0.3 is 14.2 Å². The summed E-state index contributed by atoms with van der Waals surface area (Å²) in [7, 11) is 0. The quantitative estimate of drug-likeness (QED) is 0.0764. The highest BCUT2D eigenvalue weighted by molar-refractivity contribution is 6.43. The summed E-state index contributed by atoms with van der Waals surface area (Å²) < 4.78 is 17.8. The highest BCUT2D eigenvalue weighted by Gasteiger charge is 2.43. The summed E-state index contributed by atoms with van der Waals surface area (Å²) in [5.74, 6) is -2.01. The summed E-state index contributed by atoms with van der Waals surface area (Å²) >= 11 is 0. The van der Waals surface area contributed by atoms with E-state index < -0.39 is 45.5 Å². The van der Waals surface area contributed by atoms with Gasteiger partial charge in [-0.3, -0.25) is 0 Å². The molecule has 6 aromatic carbocycles. The highest BCUT2D eigenvalue weighted by Crippen LogP contribution is 2.58. The Kier molecular flexibility index (Phi) is 6.99. The van der Waals surface area contributed by atoms with Gasteiger partial charge in [0.05, 0.1) is 16.7 Å². The molecule has 0 atom stereocenters. The average Bonchev–Trinajstić information content (AvgIpc) is 3.03. The zero-order chi connectivity index (χ0) is 38.5. The maximum Gasteiger partial charge on any atom is 0.350 e. The van der Waals surface area contributed by atoms with Crippen LogP contribution in [-0.2, 0) is 31.1 Å². The summed E-state index contributed by atoms with van der Waals surface area (Å²) in [6.45, 7) is 25.2. The molecule has 53 heavy (non-hydrogen) atoms. The molecule has 2 aliphatic rings. The van der Waals surface area contributed by atoms with E-state index in [1.165, 1.54) is 0 Å².